The molecule has 0 saturated carbocycles. The second kappa shape index (κ2) is 11.5. The van der Waals surface area contributed by atoms with Crippen molar-refractivity contribution >= 4 is 33.3 Å². The highest BCUT2D eigenvalue weighted by molar-refractivity contribution is 7.93. The number of carboxylic acids is 1. The summed E-state index contributed by atoms with van der Waals surface area (Å²) in [5.74, 6) is -0.125. The van der Waals surface area contributed by atoms with Gasteiger partial charge in [-0.25, -0.2) is 8.42 Å². The van der Waals surface area contributed by atoms with Crippen molar-refractivity contribution in [1.82, 2.24) is 9.78 Å². The molecule has 11 heteroatoms. The fraction of sp³-hybridized carbons (Fsp3) is 0.333. The largest absolute Gasteiger partial charge is 0.489 e. The first kappa shape index (κ1) is 26.4. The van der Waals surface area contributed by atoms with E-state index in [0.29, 0.717) is 29.6 Å². The van der Waals surface area contributed by atoms with Crippen LogP contribution in [-0.2, 0) is 21.4 Å². The fourth-order valence-electron chi connectivity index (χ4n) is 3.37. The normalized spacial score (nSPS) is 12.7. The molecule has 0 bridgehead atoms. The summed E-state index contributed by atoms with van der Waals surface area (Å²) in [4.78, 5) is 9.42. The molecule has 1 N–H and O–H groups in total. The Kier molecular flexibility index (Phi) is 8.63. The van der Waals surface area contributed by atoms with Crippen LogP contribution in [0, 0.1) is 0 Å². The number of benzene rings is 2. The molecular formula is C24H28ClN3O6S. The third kappa shape index (κ3) is 6.07. The number of aromatic nitrogens is 2. The molecule has 0 saturated heterocycles. The minimum atomic E-state index is -3.91. The first-order chi connectivity index (χ1) is 16.7. The molecule has 1 aromatic heterocycles. The van der Waals surface area contributed by atoms with Crippen LogP contribution in [0.1, 0.15) is 27.2 Å². The summed E-state index contributed by atoms with van der Waals surface area (Å²) >= 11 is 6.13. The van der Waals surface area contributed by atoms with Crippen LogP contribution in [0.5, 0.6) is 11.6 Å². The van der Waals surface area contributed by atoms with Crippen LogP contribution in [0.15, 0.2) is 53.6 Å². The highest BCUT2D eigenvalue weighted by Crippen LogP contribution is 2.40. The Morgan fingerprint density at radius 2 is 1.89 bits per heavy atom. The molecule has 4 rings (SSSR count). The van der Waals surface area contributed by atoms with E-state index in [1.807, 2.05) is 37.3 Å². The molecule has 3 aromatic rings. The molecule has 1 aliphatic heterocycles. The number of nitrogens with zero attached hydrogens (tertiary/aromatic N) is 3. The first-order valence-corrected chi connectivity index (χ1v) is 13.0. The number of rotatable bonds is 7. The van der Waals surface area contributed by atoms with E-state index in [2.05, 4.69) is 5.10 Å². The summed E-state index contributed by atoms with van der Waals surface area (Å²) < 4.78 is 41.3. The van der Waals surface area contributed by atoms with E-state index in [1.54, 1.807) is 30.7 Å². The summed E-state index contributed by atoms with van der Waals surface area (Å²) in [5.41, 5.74) is 2.21. The van der Waals surface area contributed by atoms with Crippen molar-refractivity contribution in [2.45, 2.75) is 38.6 Å². The van der Waals surface area contributed by atoms with Gasteiger partial charge in [0.25, 0.3) is 15.9 Å². The number of anilines is 1. The molecule has 0 amide bonds. The zero-order valence-electron chi connectivity index (χ0n) is 19.8. The Bertz CT molecular complexity index is 1290. The summed E-state index contributed by atoms with van der Waals surface area (Å²) in [6, 6.07) is 12.9. The van der Waals surface area contributed by atoms with Gasteiger partial charge < -0.3 is 14.6 Å². The number of aliphatic carboxylic acids is 1. The van der Waals surface area contributed by atoms with E-state index < -0.39 is 16.0 Å². The topological polar surface area (TPSA) is 111 Å². The maximum Gasteiger partial charge on any atom is 0.303 e. The van der Waals surface area contributed by atoms with Crippen molar-refractivity contribution in [3.63, 3.8) is 0 Å². The number of carbonyl (C=O) groups is 1. The molecule has 0 unspecified atom stereocenters. The standard InChI is InChI=1S/C21H22ClN3O4S.C3H6O2/c1-3-24-14-20(21(23-24)28-4-2)30(26,27)25-10-11-29-19-9-8-16(13-18(19)25)15-6-5-7-17(22)12-15;1-2-3(4)5/h5-9,12-14H,3-4,10-11H2,1-2H3;2H2,1H3,(H,4,5). The van der Waals surface area contributed by atoms with Gasteiger partial charge >= 0.3 is 5.97 Å². The monoisotopic (exact) mass is 521 g/mol. The predicted octanol–water partition coefficient (Wildman–Crippen LogP) is 4.69. The maximum absolute atomic E-state index is 13.6. The van der Waals surface area contributed by atoms with Gasteiger partial charge in [0, 0.05) is 24.2 Å². The van der Waals surface area contributed by atoms with Gasteiger partial charge in [-0.15, -0.1) is 5.10 Å². The zero-order chi connectivity index (χ0) is 25.6. The Hall–Kier alpha value is -3.24. The number of hydrogen-bond acceptors (Lipinski definition) is 6. The van der Waals surface area contributed by atoms with E-state index >= 15 is 0 Å². The van der Waals surface area contributed by atoms with E-state index in [4.69, 9.17) is 26.2 Å². The minimum Gasteiger partial charge on any atom is -0.489 e. The second-order valence-electron chi connectivity index (χ2n) is 7.45. The third-order valence-electron chi connectivity index (χ3n) is 5.11. The summed E-state index contributed by atoms with van der Waals surface area (Å²) in [6.07, 6.45) is 1.73. The quantitative estimate of drug-likeness (QED) is 0.480. The number of fused-ring (bicyclic) bond motifs is 1. The van der Waals surface area contributed by atoms with Crippen LogP contribution < -0.4 is 13.8 Å². The van der Waals surface area contributed by atoms with Crippen molar-refractivity contribution in [3.05, 3.63) is 53.7 Å². The van der Waals surface area contributed by atoms with Gasteiger partial charge in [0.2, 0.25) is 0 Å². The van der Waals surface area contributed by atoms with Gasteiger partial charge in [0.05, 0.1) is 18.8 Å². The molecule has 0 aliphatic carbocycles. The lowest BCUT2D eigenvalue weighted by Crippen LogP contribution is -2.38. The summed E-state index contributed by atoms with van der Waals surface area (Å²) in [7, 11) is -3.91. The van der Waals surface area contributed by atoms with E-state index in [0.717, 1.165) is 11.1 Å². The van der Waals surface area contributed by atoms with Crippen molar-refractivity contribution in [2.24, 2.45) is 0 Å². The molecule has 0 radical (unpaired) electrons. The van der Waals surface area contributed by atoms with Gasteiger partial charge in [-0.3, -0.25) is 13.8 Å². The predicted molar refractivity (Wildman–Crippen MR) is 134 cm³/mol. The van der Waals surface area contributed by atoms with Gasteiger partial charge in [-0.2, -0.15) is 0 Å². The molecule has 0 spiro atoms. The Morgan fingerprint density at radius 3 is 2.51 bits per heavy atom. The molecular weight excluding hydrogens is 494 g/mol. The highest BCUT2D eigenvalue weighted by Gasteiger charge is 2.34. The van der Waals surface area contributed by atoms with Crippen LogP contribution in [0.25, 0.3) is 11.1 Å². The number of halogens is 1. The third-order valence-corrected chi connectivity index (χ3v) is 7.14. The van der Waals surface area contributed by atoms with E-state index in [1.165, 1.54) is 10.5 Å². The molecule has 0 fully saturated rings. The molecule has 188 valence electrons. The Labute approximate surface area is 209 Å². The molecule has 2 heterocycles. The molecule has 2 aromatic carbocycles. The average Bonchev–Trinajstić information content (AvgIpc) is 3.28. The van der Waals surface area contributed by atoms with Gasteiger partial charge in [-0.1, -0.05) is 36.7 Å². The molecule has 1 aliphatic rings. The minimum absolute atomic E-state index is 0.0483. The second-order valence-corrected chi connectivity index (χ2v) is 9.72. The average molecular weight is 522 g/mol. The summed E-state index contributed by atoms with van der Waals surface area (Å²) in [5, 5.41) is 12.6. The molecule has 35 heavy (non-hydrogen) atoms. The number of ether oxygens (including phenoxy) is 2. The maximum atomic E-state index is 13.6. The van der Waals surface area contributed by atoms with Crippen LogP contribution in [-0.4, -0.2) is 49.0 Å². The lowest BCUT2D eigenvalue weighted by Gasteiger charge is -2.30. The van der Waals surface area contributed by atoms with Crippen molar-refractivity contribution in [3.8, 4) is 22.8 Å². The van der Waals surface area contributed by atoms with Crippen molar-refractivity contribution in [1.29, 1.82) is 0 Å². The van der Waals surface area contributed by atoms with Crippen LogP contribution >= 0.6 is 11.6 Å². The van der Waals surface area contributed by atoms with E-state index in [9.17, 15) is 13.2 Å². The number of sulfonamides is 1. The van der Waals surface area contributed by atoms with Crippen LogP contribution in [0.2, 0.25) is 5.02 Å². The van der Waals surface area contributed by atoms with E-state index in [-0.39, 0.29) is 30.3 Å². The Balaban J connectivity index is 0.000000623. The lowest BCUT2D eigenvalue weighted by atomic mass is 10.0. The summed E-state index contributed by atoms with van der Waals surface area (Å²) in [6.45, 7) is 6.59. The van der Waals surface area contributed by atoms with Crippen molar-refractivity contribution < 1.29 is 27.8 Å². The molecule has 9 nitrogen and oxygen atoms in total. The highest BCUT2D eigenvalue weighted by atomic mass is 35.5. The van der Waals surface area contributed by atoms with Crippen LogP contribution in [0.3, 0.4) is 0 Å². The SMILES string of the molecule is CCC(=O)O.CCOc1nn(CC)cc1S(=O)(=O)N1CCOc2ccc(-c3cccc(Cl)c3)cc21. The smallest absolute Gasteiger partial charge is 0.303 e. The van der Waals surface area contributed by atoms with Crippen LogP contribution in [0.4, 0.5) is 5.69 Å². The van der Waals surface area contributed by atoms with Crippen molar-refractivity contribution in [2.75, 3.05) is 24.1 Å². The molecule has 0 atom stereocenters. The fourth-order valence-corrected chi connectivity index (χ4v) is 5.09. The number of hydrogen-bond donors (Lipinski definition) is 1. The van der Waals surface area contributed by atoms with Gasteiger partial charge in [0.1, 0.15) is 12.4 Å². The lowest BCUT2D eigenvalue weighted by molar-refractivity contribution is -0.136. The zero-order valence-corrected chi connectivity index (χ0v) is 21.3. The van der Waals surface area contributed by atoms with Gasteiger partial charge in [0.15, 0.2) is 4.90 Å². The number of carboxylic acid groups (broad SMARTS) is 1. The first-order valence-electron chi connectivity index (χ1n) is 11.2. The number of aryl methyl sites for hydroxylation is 1. The van der Waals surface area contributed by atoms with Gasteiger partial charge in [-0.05, 0) is 49.2 Å². The Morgan fingerprint density at radius 1 is 1.17 bits per heavy atom.